The molecule has 0 saturated carbocycles. The maximum atomic E-state index is 13.3. The molecule has 1 saturated heterocycles. The molecular formula is C23H28F3N3O3S. The first-order valence-electron chi connectivity index (χ1n) is 10.7. The van der Waals surface area contributed by atoms with Crippen LogP contribution in [0.5, 0.6) is 0 Å². The van der Waals surface area contributed by atoms with Crippen LogP contribution in [-0.4, -0.2) is 55.8 Å². The van der Waals surface area contributed by atoms with Gasteiger partial charge in [0.25, 0.3) is 0 Å². The topological polar surface area (TPSA) is 69.7 Å². The van der Waals surface area contributed by atoms with Gasteiger partial charge in [-0.1, -0.05) is 38.1 Å². The molecule has 6 nitrogen and oxygen atoms in total. The van der Waals surface area contributed by atoms with Crippen molar-refractivity contribution in [3.05, 3.63) is 59.7 Å². The molecule has 1 N–H and O–H groups in total. The van der Waals surface area contributed by atoms with Gasteiger partial charge in [0.1, 0.15) is 0 Å². The summed E-state index contributed by atoms with van der Waals surface area (Å²) in [6.45, 7) is 6.34. The monoisotopic (exact) mass is 483 g/mol. The maximum Gasteiger partial charge on any atom is 0.417 e. The lowest BCUT2D eigenvalue weighted by Crippen LogP contribution is -2.54. The molecule has 1 aliphatic rings. The molecule has 0 radical (unpaired) electrons. The molecule has 2 aromatic carbocycles. The molecule has 33 heavy (non-hydrogen) atoms. The van der Waals surface area contributed by atoms with Crippen molar-refractivity contribution in [2.24, 2.45) is 0 Å². The average molecular weight is 484 g/mol. The van der Waals surface area contributed by atoms with Crippen molar-refractivity contribution in [2.75, 3.05) is 31.5 Å². The first kappa shape index (κ1) is 25.2. The van der Waals surface area contributed by atoms with Crippen molar-refractivity contribution in [3.8, 4) is 0 Å². The average Bonchev–Trinajstić information content (AvgIpc) is 2.78. The Hall–Kier alpha value is -2.43. The van der Waals surface area contributed by atoms with Gasteiger partial charge in [0, 0.05) is 31.9 Å². The van der Waals surface area contributed by atoms with E-state index >= 15 is 0 Å². The van der Waals surface area contributed by atoms with Crippen LogP contribution in [0, 0.1) is 0 Å². The highest BCUT2D eigenvalue weighted by Gasteiger charge is 2.40. The second-order valence-electron chi connectivity index (χ2n) is 8.38. The Morgan fingerprint density at radius 1 is 0.939 bits per heavy atom. The Balaban J connectivity index is 1.64. The van der Waals surface area contributed by atoms with Crippen molar-refractivity contribution in [1.29, 1.82) is 0 Å². The Morgan fingerprint density at radius 3 is 2.06 bits per heavy atom. The molecule has 0 spiro atoms. The fourth-order valence-corrected chi connectivity index (χ4v) is 5.39. The Kier molecular flexibility index (Phi) is 7.50. The summed E-state index contributed by atoms with van der Waals surface area (Å²) >= 11 is 0. The molecule has 180 valence electrons. The Labute approximate surface area is 192 Å². The summed E-state index contributed by atoms with van der Waals surface area (Å²) in [7, 11) is -4.32. The minimum atomic E-state index is -4.77. The third-order valence-electron chi connectivity index (χ3n) is 5.86. The van der Waals surface area contributed by atoms with E-state index in [9.17, 15) is 26.4 Å². The summed E-state index contributed by atoms with van der Waals surface area (Å²) in [6.07, 6.45) is -4.77. The van der Waals surface area contributed by atoms with E-state index in [2.05, 4.69) is 19.2 Å². The van der Waals surface area contributed by atoms with E-state index in [1.54, 1.807) is 6.92 Å². The highest BCUT2D eigenvalue weighted by Crippen LogP contribution is 2.35. The van der Waals surface area contributed by atoms with E-state index in [1.165, 1.54) is 6.07 Å². The zero-order chi connectivity index (χ0) is 24.4. The molecule has 1 amide bonds. The van der Waals surface area contributed by atoms with E-state index in [0.29, 0.717) is 11.6 Å². The second kappa shape index (κ2) is 9.82. The minimum absolute atomic E-state index is 0.00473. The quantitative estimate of drug-likeness (QED) is 0.670. The number of piperazine rings is 1. The van der Waals surface area contributed by atoms with Gasteiger partial charge in [-0.15, -0.1) is 0 Å². The highest BCUT2D eigenvalue weighted by molar-refractivity contribution is 7.89. The molecule has 1 heterocycles. The molecule has 1 unspecified atom stereocenters. The van der Waals surface area contributed by atoms with Crippen LogP contribution in [0.3, 0.4) is 0 Å². The van der Waals surface area contributed by atoms with Crippen molar-refractivity contribution in [2.45, 2.75) is 43.8 Å². The van der Waals surface area contributed by atoms with Gasteiger partial charge < -0.3 is 5.32 Å². The first-order valence-corrected chi connectivity index (χ1v) is 12.2. The first-order chi connectivity index (χ1) is 15.4. The fourth-order valence-electron chi connectivity index (χ4n) is 3.76. The minimum Gasteiger partial charge on any atom is -0.325 e. The number of carbonyl (C=O) groups is 1. The van der Waals surface area contributed by atoms with Gasteiger partial charge in [0.2, 0.25) is 15.9 Å². The van der Waals surface area contributed by atoms with Gasteiger partial charge in [-0.05, 0) is 42.7 Å². The number of nitrogens with zero attached hydrogens (tertiary/aromatic N) is 2. The predicted molar refractivity (Wildman–Crippen MR) is 120 cm³/mol. The number of sulfonamides is 1. The normalized spacial score (nSPS) is 17.2. The van der Waals surface area contributed by atoms with Crippen LogP contribution < -0.4 is 5.32 Å². The molecule has 0 aliphatic carbocycles. The lowest BCUT2D eigenvalue weighted by molar-refractivity contribution is -0.140. The lowest BCUT2D eigenvalue weighted by atomic mass is 10.0. The summed E-state index contributed by atoms with van der Waals surface area (Å²) in [5, 5.41) is 2.86. The smallest absolute Gasteiger partial charge is 0.325 e. The molecule has 1 atom stereocenters. The summed E-state index contributed by atoms with van der Waals surface area (Å²) in [5.41, 5.74) is 0.648. The van der Waals surface area contributed by atoms with Gasteiger partial charge >= 0.3 is 6.18 Å². The standard InChI is InChI=1S/C23H28F3N3O3S/c1-16(2)18-8-10-19(11-9-18)27-22(30)17(3)28-12-14-29(15-13-28)33(31,32)21-7-5-4-6-20(21)23(24,25)26/h4-11,16-17H,12-15H2,1-3H3,(H,27,30). The highest BCUT2D eigenvalue weighted by atomic mass is 32.2. The number of nitrogens with one attached hydrogen (secondary N) is 1. The van der Waals surface area contributed by atoms with Crippen LogP contribution in [0.2, 0.25) is 0 Å². The molecule has 0 bridgehead atoms. The number of rotatable bonds is 6. The van der Waals surface area contributed by atoms with Gasteiger partial charge in [0.05, 0.1) is 16.5 Å². The van der Waals surface area contributed by atoms with E-state index in [4.69, 9.17) is 0 Å². The molecule has 0 aromatic heterocycles. The molecule has 1 fully saturated rings. The van der Waals surface area contributed by atoms with Gasteiger partial charge in [-0.2, -0.15) is 17.5 Å². The Morgan fingerprint density at radius 2 is 1.52 bits per heavy atom. The largest absolute Gasteiger partial charge is 0.417 e. The number of hydrogen-bond acceptors (Lipinski definition) is 4. The maximum absolute atomic E-state index is 13.3. The molecule has 2 aromatic rings. The van der Waals surface area contributed by atoms with Crippen molar-refractivity contribution in [3.63, 3.8) is 0 Å². The number of anilines is 1. The number of amides is 1. The molecule has 1 aliphatic heterocycles. The fraction of sp³-hybridized carbons (Fsp3) is 0.435. The number of carbonyl (C=O) groups excluding carboxylic acids is 1. The van der Waals surface area contributed by atoms with Crippen LogP contribution in [0.15, 0.2) is 53.4 Å². The zero-order valence-corrected chi connectivity index (χ0v) is 19.6. The zero-order valence-electron chi connectivity index (χ0n) is 18.8. The van der Waals surface area contributed by atoms with Crippen molar-refractivity contribution < 1.29 is 26.4 Å². The third-order valence-corrected chi connectivity index (χ3v) is 7.81. The number of hydrogen-bond donors (Lipinski definition) is 1. The second-order valence-corrected chi connectivity index (χ2v) is 10.3. The van der Waals surface area contributed by atoms with Crippen LogP contribution in [0.1, 0.15) is 37.8 Å². The number of benzene rings is 2. The van der Waals surface area contributed by atoms with E-state index in [-0.39, 0.29) is 32.1 Å². The number of halogens is 3. The van der Waals surface area contributed by atoms with Gasteiger partial charge in [0.15, 0.2) is 0 Å². The van der Waals surface area contributed by atoms with E-state index in [1.807, 2.05) is 29.2 Å². The van der Waals surface area contributed by atoms with Crippen molar-refractivity contribution in [1.82, 2.24) is 9.21 Å². The van der Waals surface area contributed by atoms with E-state index in [0.717, 1.165) is 28.1 Å². The van der Waals surface area contributed by atoms with Crippen LogP contribution in [0.4, 0.5) is 18.9 Å². The molecular weight excluding hydrogens is 455 g/mol. The summed E-state index contributed by atoms with van der Waals surface area (Å²) in [5.74, 6) is 0.148. The summed E-state index contributed by atoms with van der Waals surface area (Å²) in [6, 6.07) is 11.2. The van der Waals surface area contributed by atoms with Crippen LogP contribution in [0.25, 0.3) is 0 Å². The van der Waals surface area contributed by atoms with Crippen LogP contribution >= 0.6 is 0 Å². The van der Waals surface area contributed by atoms with Gasteiger partial charge in [-0.3, -0.25) is 9.69 Å². The third kappa shape index (κ3) is 5.74. The van der Waals surface area contributed by atoms with Crippen molar-refractivity contribution >= 4 is 21.6 Å². The molecule has 3 rings (SSSR count). The molecule has 10 heteroatoms. The number of alkyl halides is 3. The van der Waals surface area contributed by atoms with Gasteiger partial charge in [-0.25, -0.2) is 8.42 Å². The summed E-state index contributed by atoms with van der Waals surface area (Å²) < 4.78 is 66.8. The predicted octanol–water partition coefficient (Wildman–Crippen LogP) is 4.16. The summed E-state index contributed by atoms with van der Waals surface area (Å²) in [4.78, 5) is 13.7. The van der Waals surface area contributed by atoms with E-state index < -0.39 is 32.7 Å². The lowest BCUT2D eigenvalue weighted by Gasteiger charge is -2.37. The SMILES string of the molecule is CC(C)c1ccc(NC(=O)C(C)N2CCN(S(=O)(=O)c3ccccc3C(F)(F)F)CC2)cc1. The Bertz CT molecular complexity index is 1080. The van der Waals surface area contributed by atoms with Crippen LogP contribution in [-0.2, 0) is 21.0 Å².